The third-order valence-corrected chi connectivity index (χ3v) is 15.3. The van der Waals surface area contributed by atoms with Crippen molar-refractivity contribution in [2.45, 2.75) is 71.6 Å². The van der Waals surface area contributed by atoms with Crippen molar-refractivity contribution in [3.8, 4) is 33.4 Å². The van der Waals surface area contributed by atoms with E-state index in [1.807, 2.05) is 11.3 Å². The van der Waals surface area contributed by atoms with Gasteiger partial charge in [0.1, 0.15) is 11.2 Å². The molecule has 12 rings (SSSR count). The lowest BCUT2D eigenvalue weighted by molar-refractivity contribution is 0.590. The average Bonchev–Trinajstić information content (AvgIpc) is 3.94. The number of para-hydroxylation sites is 1. The highest BCUT2D eigenvalue weighted by Gasteiger charge is 2.39. The van der Waals surface area contributed by atoms with E-state index in [0.29, 0.717) is 0 Å². The van der Waals surface area contributed by atoms with Crippen LogP contribution >= 0.6 is 11.3 Å². The number of hydrogen-bond donors (Lipinski definition) is 1. The molecule has 8 aromatic carbocycles. The maximum Gasteiger partial charge on any atom is 0.212 e. The predicted molar refractivity (Wildman–Crippen MR) is 284 cm³/mol. The SMILES string of the molecule is CC(C)(C)c1ccc(Nc2cc3c(cc2-c2c4c(cc5c2oc2ccccc25)N(c2ccc(C(C)(C)C)cc2-c2ccccc2)c2c(sc5ccccc25)[B]4)C(C)(C)c2ccccc2-3)cc1. The summed E-state index contributed by atoms with van der Waals surface area (Å²) in [4.78, 5) is 2.58. The molecule has 0 spiro atoms. The molecule has 0 fully saturated rings. The van der Waals surface area contributed by atoms with E-state index in [4.69, 9.17) is 4.42 Å². The number of nitrogens with zero attached hydrogens (tertiary/aromatic N) is 1. The Morgan fingerprint density at radius 2 is 1.24 bits per heavy atom. The van der Waals surface area contributed by atoms with Crippen LogP contribution in [-0.2, 0) is 16.2 Å². The van der Waals surface area contributed by atoms with Crippen molar-refractivity contribution >= 4 is 89.3 Å². The van der Waals surface area contributed by atoms with Gasteiger partial charge in [-0.2, -0.15) is 0 Å². The van der Waals surface area contributed by atoms with Crippen molar-refractivity contribution in [3.63, 3.8) is 0 Å². The van der Waals surface area contributed by atoms with Crippen LogP contribution in [0.1, 0.15) is 77.6 Å². The molecule has 321 valence electrons. The van der Waals surface area contributed by atoms with Gasteiger partial charge in [0.25, 0.3) is 0 Å². The standard InChI is InChI=1S/C61H52BN2OS/c1-59(2,3)37-26-29-39(30-27-37)63-49-34-44-40-20-12-15-23-47(40)61(7,8)48(44)33-46(49)54-55-51(35-45-41-21-13-16-24-52(41)65-57(45)54)64(56-42-22-14-17-25-53(42)66-58(56)62-55)50-31-28-38(60(4,5)6)32-43(50)36-18-10-9-11-19-36/h9-35,63H,1-8H3. The van der Waals surface area contributed by atoms with E-state index in [1.165, 1.54) is 65.1 Å². The topological polar surface area (TPSA) is 28.4 Å². The van der Waals surface area contributed by atoms with E-state index in [1.54, 1.807) is 0 Å². The van der Waals surface area contributed by atoms with Crippen LogP contribution in [0.4, 0.5) is 28.4 Å². The predicted octanol–water partition coefficient (Wildman–Crippen LogP) is 16.2. The normalized spacial score (nSPS) is 14.0. The summed E-state index contributed by atoms with van der Waals surface area (Å²) in [5, 5.41) is 7.45. The monoisotopic (exact) mass is 871 g/mol. The smallest absolute Gasteiger partial charge is 0.212 e. The van der Waals surface area contributed by atoms with Gasteiger partial charge in [0.2, 0.25) is 7.28 Å². The minimum absolute atomic E-state index is 0.0393. The molecule has 0 saturated carbocycles. The average molecular weight is 872 g/mol. The number of benzene rings is 8. The molecule has 0 atom stereocenters. The first-order chi connectivity index (χ1) is 31.7. The Labute approximate surface area is 393 Å². The molecule has 0 bridgehead atoms. The van der Waals surface area contributed by atoms with E-state index in [-0.39, 0.29) is 16.2 Å². The number of hydrogen-bond acceptors (Lipinski definition) is 4. The maximum absolute atomic E-state index is 7.17. The van der Waals surface area contributed by atoms with Gasteiger partial charge in [-0.15, -0.1) is 11.3 Å². The zero-order valence-corrected chi connectivity index (χ0v) is 39.7. The molecular weight excluding hydrogens is 820 g/mol. The van der Waals surface area contributed by atoms with Crippen LogP contribution in [0, 0.1) is 0 Å². The van der Waals surface area contributed by atoms with Gasteiger partial charge >= 0.3 is 0 Å². The van der Waals surface area contributed by atoms with Crippen LogP contribution in [0.2, 0.25) is 0 Å². The summed E-state index contributed by atoms with van der Waals surface area (Å²) in [6, 6.07) is 60.7. The van der Waals surface area contributed by atoms with Crippen LogP contribution in [-0.4, -0.2) is 7.28 Å². The number of nitrogens with one attached hydrogen (secondary N) is 1. The fourth-order valence-electron chi connectivity index (χ4n) is 10.7. The van der Waals surface area contributed by atoms with E-state index < -0.39 is 0 Å². The number of anilines is 5. The summed E-state index contributed by atoms with van der Waals surface area (Å²) < 4.78 is 9.65. The van der Waals surface area contributed by atoms with Crippen LogP contribution in [0.15, 0.2) is 168 Å². The van der Waals surface area contributed by atoms with Gasteiger partial charge in [-0.3, -0.25) is 0 Å². The molecule has 3 heterocycles. The molecule has 5 heteroatoms. The first-order valence-electron chi connectivity index (χ1n) is 23.2. The molecule has 1 aliphatic carbocycles. The minimum Gasteiger partial charge on any atom is -0.455 e. The lowest BCUT2D eigenvalue weighted by Crippen LogP contribution is -2.39. The van der Waals surface area contributed by atoms with E-state index in [2.05, 4.69) is 237 Å². The summed E-state index contributed by atoms with van der Waals surface area (Å²) in [6.45, 7) is 18.5. The fraction of sp³-hybridized carbons (Fsp3) is 0.180. The second kappa shape index (κ2) is 14.6. The summed E-state index contributed by atoms with van der Waals surface area (Å²) >= 11 is 1.86. The lowest BCUT2D eigenvalue weighted by atomic mass is 9.61. The van der Waals surface area contributed by atoms with E-state index >= 15 is 0 Å². The van der Waals surface area contributed by atoms with Gasteiger partial charge in [-0.05, 0) is 115 Å². The zero-order valence-electron chi connectivity index (χ0n) is 38.9. The molecule has 2 aromatic heterocycles. The van der Waals surface area contributed by atoms with Crippen molar-refractivity contribution in [2.75, 3.05) is 10.2 Å². The molecule has 0 unspecified atom stereocenters. The number of fused-ring (bicyclic) bond motifs is 10. The van der Waals surface area contributed by atoms with Crippen LogP contribution in [0.25, 0.3) is 65.4 Å². The largest absolute Gasteiger partial charge is 0.455 e. The second-order valence-corrected chi connectivity index (χ2v) is 21.9. The highest BCUT2D eigenvalue weighted by molar-refractivity contribution is 7.29. The first-order valence-corrected chi connectivity index (χ1v) is 24.1. The maximum atomic E-state index is 7.17. The molecule has 1 N–H and O–H groups in total. The van der Waals surface area contributed by atoms with Crippen LogP contribution < -0.4 is 20.5 Å². The minimum atomic E-state index is -0.219. The Kier molecular flexibility index (Phi) is 8.99. The Hall–Kier alpha value is -6.82. The van der Waals surface area contributed by atoms with Crippen molar-refractivity contribution in [1.29, 1.82) is 0 Å². The molecule has 66 heavy (non-hydrogen) atoms. The third-order valence-electron chi connectivity index (χ3n) is 14.2. The third kappa shape index (κ3) is 6.31. The van der Waals surface area contributed by atoms with Gasteiger partial charge in [0.05, 0.1) is 11.4 Å². The highest BCUT2D eigenvalue weighted by atomic mass is 32.1. The second-order valence-electron chi connectivity index (χ2n) is 20.9. The van der Waals surface area contributed by atoms with E-state index in [9.17, 15) is 0 Å². The summed E-state index contributed by atoms with van der Waals surface area (Å²) in [5.74, 6) is 0. The van der Waals surface area contributed by atoms with Gasteiger partial charge in [0, 0.05) is 60.0 Å². The summed E-state index contributed by atoms with van der Waals surface area (Å²) in [6.07, 6.45) is 0. The van der Waals surface area contributed by atoms with Gasteiger partial charge in [0.15, 0.2) is 0 Å². The zero-order chi connectivity index (χ0) is 45.3. The van der Waals surface area contributed by atoms with Crippen molar-refractivity contribution in [2.24, 2.45) is 0 Å². The molecule has 0 saturated heterocycles. The molecule has 3 nitrogen and oxygen atoms in total. The Balaban J connectivity index is 1.20. The molecule has 1 aliphatic heterocycles. The quantitative estimate of drug-likeness (QED) is 0.175. The van der Waals surface area contributed by atoms with Gasteiger partial charge < -0.3 is 14.6 Å². The molecular formula is C61H52BN2OS. The molecule has 1 radical (unpaired) electrons. The van der Waals surface area contributed by atoms with Crippen LogP contribution in [0.5, 0.6) is 0 Å². The lowest BCUT2D eigenvalue weighted by Gasteiger charge is -2.35. The van der Waals surface area contributed by atoms with Crippen molar-refractivity contribution in [3.05, 3.63) is 186 Å². The number of rotatable bonds is 5. The first kappa shape index (κ1) is 40.7. The fourth-order valence-corrected chi connectivity index (χ4v) is 11.8. The van der Waals surface area contributed by atoms with Gasteiger partial charge in [-0.1, -0.05) is 165 Å². The summed E-state index contributed by atoms with van der Waals surface area (Å²) in [5.41, 5.74) is 20.7. The van der Waals surface area contributed by atoms with Crippen LogP contribution in [0.3, 0.4) is 0 Å². The van der Waals surface area contributed by atoms with Crippen molar-refractivity contribution in [1.82, 2.24) is 0 Å². The highest BCUT2D eigenvalue weighted by Crippen LogP contribution is 2.54. The Morgan fingerprint density at radius 1 is 0.561 bits per heavy atom. The van der Waals surface area contributed by atoms with E-state index in [0.717, 1.165) is 61.3 Å². The molecule has 0 amide bonds. The molecule has 2 aliphatic rings. The van der Waals surface area contributed by atoms with Gasteiger partial charge in [-0.25, -0.2) is 0 Å². The van der Waals surface area contributed by atoms with Crippen molar-refractivity contribution < 1.29 is 4.42 Å². The number of furan rings is 1. The number of thiophene rings is 1. The molecule has 10 aromatic rings. The Bertz CT molecular complexity index is 3580. The Morgan fingerprint density at radius 3 is 2.02 bits per heavy atom. The summed E-state index contributed by atoms with van der Waals surface area (Å²) in [7, 11) is 2.45.